The molecule has 2 rings (SSSR count). The smallest absolute Gasteiger partial charge is 0.271 e. The first-order valence-corrected chi connectivity index (χ1v) is 4.93. The molecule has 0 amide bonds. The molecule has 6 nitrogen and oxygen atoms in total. The molecule has 0 radical (unpaired) electrons. The lowest BCUT2D eigenvalue weighted by Crippen LogP contribution is -2.01. The Morgan fingerprint density at radius 1 is 1.50 bits per heavy atom. The average Bonchev–Trinajstić information content (AvgIpc) is 2.68. The minimum absolute atomic E-state index is 0.0539. The lowest BCUT2D eigenvalue weighted by molar-refractivity contribution is -0.384. The van der Waals surface area contributed by atoms with E-state index in [-0.39, 0.29) is 12.3 Å². The second kappa shape index (κ2) is 4.28. The van der Waals surface area contributed by atoms with Gasteiger partial charge in [-0.3, -0.25) is 14.8 Å². The molecule has 0 bridgehead atoms. The highest BCUT2D eigenvalue weighted by molar-refractivity contribution is 5.80. The summed E-state index contributed by atoms with van der Waals surface area (Å²) in [5.74, 6) is 0. The maximum absolute atomic E-state index is 10.6. The van der Waals surface area contributed by atoms with E-state index in [4.69, 9.17) is 5.11 Å². The molecule has 0 atom stereocenters. The van der Waals surface area contributed by atoms with Gasteiger partial charge < -0.3 is 5.11 Å². The van der Waals surface area contributed by atoms with Crippen LogP contribution in [0.2, 0.25) is 0 Å². The molecule has 1 heterocycles. The Morgan fingerprint density at radius 2 is 2.31 bits per heavy atom. The van der Waals surface area contributed by atoms with Crippen molar-refractivity contribution in [1.29, 1.82) is 0 Å². The van der Waals surface area contributed by atoms with Gasteiger partial charge in [0.25, 0.3) is 5.69 Å². The highest BCUT2D eigenvalue weighted by Gasteiger charge is 2.09. The van der Waals surface area contributed by atoms with Crippen molar-refractivity contribution in [3.05, 3.63) is 34.5 Å². The number of benzene rings is 1. The first-order valence-electron chi connectivity index (χ1n) is 4.93. The Bertz CT molecular complexity index is 521. The van der Waals surface area contributed by atoms with E-state index in [0.29, 0.717) is 13.0 Å². The number of nitro benzene ring substituents is 1. The molecule has 0 saturated heterocycles. The van der Waals surface area contributed by atoms with Crippen molar-refractivity contribution in [3.8, 4) is 0 Å². The van der Waals surface area contributed by atoms with Gasteiger partial charge in [-0.25, -0.2) is 0 Å². The molecule has 0 aliphatic carbocycles. The second-order valence-electron chi connectivity index (χ2n) is 3.45. The summed E-state index contributed by atoms with van der Waals surface area (Å²) in [6, 6.07) is 4.63. The Morgan fingerprint density at radius 3 is 3.00 bits per heavy atom. The van der Waals surface area contributed by atoms with E-state index in [1.165, 1.54) is 12.1 Å². The molecular weight excluding hydrogens is 210 g/mol. The van der Waals surface area contributed by atoms with Crippen LogP contribution in [-0.4, -0.2) is 26.4 Å². The Labute approximate surface area is 91.3 Å². The zero-order chi connectivity index (χ0) is 11.5. The summed E-state index contributed by atoms with van der Waals surface area (Å²) in [7, 11) is 0. The van der Waals surface area contributed by atoms with Crippen LogP contribution in [-0.2, 0) is 6.54 Å². The van der Waals surface area contributed by atoms with Gasteiger partial charge in [0, 0.05) is 30.7 Å². The molecule has 16 heavy (non-hydrogen) atoms. The van der Waals surface area contributed by atoms with Crippen LogP contribution in [0.15, 0.2) is 24.4 Å². The van der Waals surface area contributed by atoms with Crippen LogP contribution in [0.25, 0.3) is 10.9 Å². The summed E-state index contributed by atoms with van der Waals surface area (Å²) in [6.45, 7) is 0.636. The molecule has 0 fully saturated rings. The maximum Gasteiger partial charge on any atom is 0.271 e. The second-order valence-corrected chi connectivity index (χ2v) is 3.45. The van der Waals surface area contributed by atoms with Gasteiger partial charge in [0.1, 0.15) is 0 Å². The van der Waals surface area contributed by atoms with Gasteiger partial charge in [0.05, 0.1) is 16.6 Å². The number of aliphatic hydroxyl groups is 1. The van der Waals surface area contributed by atoms with Crippen molar-refractivity contribution in [3.63, 3.8) is 0 Å². The highest BCUT2D eigenvalue weighted by atomic mass is 16.6. The number of nitrogens with zero attached hydrogens (tertiary/aromatic N) is 3. The maximum atomic E-state index is 10.6. The number of aromatic nitrogens is 2. The number of hydrogen-bond acceptors (Lipinski definition) is 4. The van der Waals surface area contributed by atoms with E-state index >= 15 is 0 Å². The Kier molecular flexibility index (Phi) is 2.82. The van der Waals surface area contributed by atoms with E-state index in [9.17, 15) is 10.1 Å². The predicted octanol–water partition coefficient (Wildman–Crippen LogP) is 1.33. The lowest BCUT2D eigenvalue weighted by atomic mass is 10.2. The van der Waals surface area contributed by atoms with Crippen molar-refractivity contribution in [2.45, 2.75) is 13.0 Å². The van der Waals surface area contributed by atoms with Crippen LogP contribution >= 0.6 is 0 Å². The first kappa shape index (κ1) is 10.6. The fourth-order valence-corrected chi connectivity index (χ4v) is 1.57. The highest BCUT2D eigenvalue weighted by Crippen LogP contribution is 2.20. The first-order chi connectivity index (χ1) is 7.72. The average molecular weight is 221 g/mol. The lowest BCUT2D eigenvalue weighted by Gasteiger charge is -2.01. The van der Waals surface area contributed by atoms with Crippen LogP contribution in [0.1, 0.15) is 6.42 Å². The van der Waals surface area contributed by atoms with Gasteiger partial charge in [-0.1, -0.05) is 0 Å². The van der Waals surface area contributed by atoms with Crippen LogP contribution < -0.4 is 0 Å². The van der Waals surface area contributed by atoms with Gasteiger partial charge in [0.2, 0.25) is 0 Å². The van der Waals surface area contributed by atoms with E-state index < -0.39 is 4.92 Å². The molecule has 1 aromatic heterocycles. The van der Waals surface area contributed by atoms with Crippen molar-refractivity contribution in [2.24, 2.45) is 0 Å². The molecule has 0 saturated carbocycles. The van der Waals surface area contributed by atoms with Gasteiger partial charge in [-0.15, -0.1) is 0 Å². The SMILES string of the molecule is O=[N+]([O-])c1ccc2cnn(CCCO)c2c1. The molecule has 0 aliphatic rings. The molecular formula is C10H11N3O3. The quantitative estimate of drug-likeness (QED) is 0.623. The zero-order valence-electron chi connectivity index (χ0n) is 8.54. The standard InChI is InChI=1S/C10H11N3O3/c14-5-1-4-12-10-6-9(13(15)16)3-2-8(10)7-11-12/h2-3,6-7,14H,1,4-5H2. The van der Waals surface area contributed by atoms with Crippen LogP contribution in [0.4, 0.5) is 5.69 Å². The van der Waals surface area contributed by atoms with Gasteiger partial charge >= 0.3 is 0 Å². The van der Waals surface area contributed by atoms with Gasteiger partial charge in [-0.2, -0.15) is 5.10 Å². The Balaban J connectivity index is 2.43. The summed E-state index contributed by atoms with van der Waals surface area (Å²) >= 11 is 0. The number of hydrogen-bond donors (Lipinski definition) is 1. The zero-order valence-corrected chi connectivity index (χ0v) is 8.54. The van der Waals surface area contributed by atoms with Gasteiger partial charge in [0.15, 0.2) is 0 Å². The van der Waals surface area contributed by atoms with E-state index in [0.717, 1.165) is 10.9 Å². The third-order valence-electron chi connectivity index (χ3n) is 2.37. The van der Waals surface area contributed by atoms with E-state index in [1.807, 2.05) is 0 Å². The number of rotatable bonds is 4. The molecule has 6 heteroatoms. The molecule has 2 aromatic rings. The summed E-state index contributed by atoms with van der Waals surface area (Å²) in [5, 5.41) is 24.3. The third-order valence-corrected chi connectivity index (χ3v) is 2.37. The van der Waals surface area contributed by atoms with Crippen LogP contribution in [0, 0.1) is 10.1 Å². The molecule has 0 unspecified atom stereocenters. The van der Waals surface area contributed by atoms with Crippen LogP contribution in [0.3, 0.4) is 0 Å². The topological polar surface area (TPSA) is 81.2 Å². The minimum Gasteiger partial charge on any atom is -0.396 e. The van der Waals surface area contributed by atoms with Crippen LogP contribution in [0.5, 0.6) is 0 Å². The monoisotopic (exact) mass is 221 g/mol. The minimum atomic E-state index is -0.428. The van der Waals surface area contributed by atoms with E-state index in [2.05, 4.69) is 5.10 Å². The third kappa shape index (κ3) is 1.87. The molecule has 0 aliphatic heterocycles. The number of non-ortho nitro benzene ring substituents is 1. The van der Waals surface area contributed by atoms with Crippen molar-refractivity contribution < 1.29 is 10.0 Å². The molecule has 0 spiro atoms. The largest absolute Gasteiger partial charge is 0.396 e. The van der Waals surface area contributed by atoms with Crippen molar-refractivity contribution in [2.75, 3.05) is 6.61 Å². The molecule has 1 aromatic carbocycles. The summed E-state index contributed by atoms with van der Waals surface area (Å²) in [5.41, 5.74) is 0.779. The normalized spacial score (nSPS) is 10.8. The van der Waals surface area contributed by atoms with E-state index in [1.54, 1.807) is 16.9 Å². The number of nitro groups is 1. The number of aliphatic hydroxyl groups excluding tert-OH is 1. The fraction of sp³-hybridized carbons (Fsp3) is 0.300. The summed E-state index contributed by atoms with van der Waals surface area (Å²) in [4.78, 5) is 10.2. The fourth-order valence-electron chi connectivity index (χ4n) is 1.57. The summed E-state index contributed by atoms with van der Waals surface area (Å²) in [6.07, 6.45) is 2.25. The van der Waals surface area contributed by atoms with Crippen molar-refractivity contribution >= 4 is 16.6 Å². The summed E-state index contributed by atoms with van der Waals surface area (Å²) < 4.78 is 1.67. The molecule has 1 N–H and O–H groups in total. The molecule has 84 valence electrons. The number of fused-ring (bicyclic) bond motifs is 1. The Hall–Kier alpha value is -1.95. The number of aryl methyl sites for hydroxylation is 1. The van der Waals surface area contributed by atoms with Gasteiger partial charge in [-0.05, 0) is 12.5 Å². The van der Waals surface area contributed by atoms with Crippen molar-refractivity contribution in [1.82, 2.24) is 9.78 Å². The predicted molar refractivity (Wildman–Crippen MR) is 58.1 cm³/mol.